The van der Waals surface area contributed by atoms with Crippen LogP contribution in [0.3, 0.4) is 0 Å². The maximum atomic E-state index is 11.3. The molecule has 0 fully saturated rings. The van der Waals surface area contributed by atoms with Crippen LogP contribution in [0.1, 0.15) is 23.0 Å². The van der Waals surface area contributed by atoms with Crippen LogP contribution < -0.4 is 4.74 Å². The number of hydrogen-bond donors (Lipinski definition) is 0. The number of nitrogens with zero attached hydrogens (tertiary/aromatic N) is 1. The molecule has 0 aliphatic rings. The molecule has 1 aromatic carbocycles. The number of hydrogen-bond acceptors (Lipinski definition) is 3. The molecule has 4 heteroatoms. The normalized spacial score (nSPS) is 10.9. The van der Waals surface area contributed by atoms with E-state index in [9.17, 15) is 4.79 Å². The average molecular weight is 261 g/mol. The molecular weight excluding hydrogens is 242 g/mol. The summed E-state index contributed by atoms with van der Waals surface area (Å²) in [5, 5.41) is 0.934. The SMILES string of the molecule is CCOCCn1c(C)c(C=O)c2cc(OC)ccc21. The minimum absolute atomic E-state index is 0.644. The molecule has 4 nitrogen and oxygen atoms in total. The van der Waals surface area contributed by atoms with Gasteiger partial charge in [-0.25, -0.2) is 0 Å². The molecule has 2 rings (SSSR count). The molecule has 19 heavy (non-hydrogen) atoms. The van der Waals surface area contributed by atoms with Gasteiger partial charge in [-0.2, -0.15) is 0 Å². The molecule has 0 saturated carbocycles. The Balaban J connectivity index is 2.51. The zero-order valence-corrected chi connectivity index (χ0v) is 11.6. The van der Waals surface area contributed by atoms with Crippen molar-refractivity contribution in [2.75, 3.05) is 20.3 Å². The predicted octanol–water partition coefficient (Wildman–Crippen LogP) is 2.81. The average Bonchev–Trinajstić information content (AvgIpc) is 2.70. The first-order valence-corrected chi connectivity index (χ1v) is 6.42. The third kappa shape index (κ3) is 2.49. The number of benzene rings is 1. The van der Waals surface area contributed by atoms with E-state index in [4.69, 9.17) is 9.47 Å². The van der Waals surface area contributed by atoms with Crippen LogP contribution in [-0.2, 0) is 11.3 Å². The van der Waals surface area contributed by atoms with E-state index in [1.54, 1.807) is 7.11 Å². The Morgan fingerprint density at radius 2 is 2.16 bits per heavy atom. The van der Waals surface area contributed by atoms with Crippen molar-refractivity contribution in [2.24, 2.45) is 0 Å². The number of carbonyl (C=O) groups is 1. The van der Waals surface area contributed by atoms with Gasteiger partial charge in [-0.3, -0.25) is 4.79 Å². The Bertz CT molecular complexity index is 587. The first-order valence-electron chi connectivity index (χ1n) is 6.42. The highest BCUT2D eigenvalue weighted by molar-refractivity contribution is 6.00. The van der Waals surface area contributed by atoms with Gasteiger partial charge < -0.3 is 14.0 Å². The maximum Gasteiger partial charge on any atom is 0.152 e. The van der Waals surface area contributed by atoms with Crippen molar-refractivity contribution < 1.29 is 14.3 Å². The maximum absolute atomic E-state index is 11.3. The van der Waals surface area contributed by atoms with Crippen molar-refractivity contribution in [3.8, 4) is 5.75 Å². The molecule has 1 aromatic heterocycles. The van der Waals surface area contributed by atoms with E-state index in [2.05, 4.69) is 4.57 Å². The molecule has 0 N–H and O–H groups in total. The van der Waals surface area contributed by atoms with Gasteiger partial charge in [0.25, 0.3) is 0 Å². The van der Waals surface area contributed by atoms with Crippen molar-refractivity contribution in [3.63, 3.8) is 0 Å². The minimum atomic E-state index is 0.644. The Hall–Kier alpha value is -1.81. The topological polar surface area (TPSA) is 40.5 Å². The third-order valence-electron chi connectivity index (χ3n) is 3.36. The highest BCUT2D eigenvalue weighted by Crippen LogP contribution is 2.28. The zero-order valence-electron chi connectivity index (χ0n) is 11.6. The second-order valence-electron chi connectivity index (χ2n) is 4.35. The largest absolute Gasteiger partial charge is 0.497 e. The summed E-state index contributed by atoms with van der Waals surface area (Å²) in [5.74, 6) is 0.762. The number of carbonyl (C=O) groups excluding carboxylic acids is 1. The first-order chi connectivity index (χ1) is 9.22. The van der Waals surface area contributed by atoms with Gasteiger partial charge in [0.2, 0.25) is 0 Å². The van der Waals surface area contributed by atoms with Gasteiger partial charge in [-0.15, -0.1) is 0 Å². The van der Waals surface area contributed by atoms with Crippen LogP contribution in [0.25, 0.3) is 10.9 Å². The molecule has 0 atom stereocenters. The molecule has 0 radical (unpaired) electrons. The number of rotatable bonds is 6. The molecule has 0 unspecified atom stereocenters. The van der Waals surface area contributed by atoms with Crippen molar-refractivity contribution in [1.29, 1.82) is 0 Å². The molecule has 0 spiro atoms. The standard InChI is InChI=1S/C15H19NO3/c1-4-19-8-7-16-11(2)14(10-17)13-9-12(18-3)5-6-15(13)16/h5-6,9-10H,4,7-8H2,1-3H3. The van der Waals surface area contributed by atoms with Crippen molar-refractivity contribution in [1.82, 2.24) is 4.57 Å². The van der Waals surface area contributed by atoms with Crippen LogP contribution in [0.5, 0.6) is 5.75 Å². The number of aldehydes is 1. The van der Waals surface area contributed by atoms with E-state index < -0.39 is 0 Å². The third-order valence-corrected chi connectivity index (χ3v) is 3.36. The van der Waals surface area contributed by atoms with Crippen LogP contribution >= 0.6 is 0 Å². The Morgan fingerprint density at radius 1 is 1.37 bits per heavy atom. The number of methoxy groups -OCH3 is 1. The van der Waals surface area contributed by atoms with Crippen LogP contribution in [-0.4, -0.2) is 31.2 Å². The van der Waals surface area contributed by atoms with Crippen LogP contribution in [0.2, 0.25) is 0 Å². The molecule has 0 amide bonds. The monoisotopic (exact) mass is 261 g/mol. The van der Waals surface area contributed by atoms with Gasteiger partial charge in [0.15, 0.2) is 6.29 Å². The summed E-state index contributed by atoms with van der Waals surface area (Å²) in [6.45, 7) is 6.03. The molecule has 0 aliphatic carbocycles. The molecular formula is C15H19NO3. The lowest BCUT2D eigenvalue weighted by Crippen LogP contribution is -2.07. The summed E-state index contributed by atoms with van der Waals surface area (Å²) < 4.78 is 12.7. The molecule has 0 aliphatic heterocycles. The van der Waals surface area contributed by atoms with Gasteiger partial charge in [0.05, 0.1) is 13.7 Å². The summed E-state index contributed by atoms with van der Waals surface area (Å²) in [4.78, 5) is 11.3. The fourth-order valence-electron chi connectivity index (χ4n) is 2.35. The van der Waals surface area contributed by atoms with Crippen LogP contribution in [0.4, 0.5) is 0 Å². The van der Waals surface area contributed by atoms with Crippen molar-refractivity contribution in [2.45, 2.75) is 20.4 Å². The highest BCUT2D eigenvalue weighted by Gasteiger charge is 2.13. The summed E-state index contributed by atoms with van der Waals surface area (Å²) in [5.41, 5.74) is 2.74. The Labute approximate surface area is 112 Å². The lowest BCUT2D eigenvalue weighted by atomic mass is 10.1. The summed E-state index contributed by atoms with van der Waals surface area (Å²) in [6.07, 6.45) is 0.911. The highest BCUT2D eigenvalue weighted by atomic mass is 16.5. The van der Waals surface area contributed by atoms with Crippen molar-refractivity contribution >= 4 is 17.2 Å². The van der Waals surface area contributed by atoms with E-state index in [0.717, 1.165) is 40.7 Å². The molecule has 0 bridgehead atoms. The fourth-order valence-corrected chi connectivity index (χ4v) is 2.35. The second kappa shape index (κ2) is 5.89. The van der Waals surface area contributed by atoms with Gasteiger partial charge in [0.1, 0.15) is 5.75 Å². The first kappa shape index (κ1) is 13.6. The number of aromatic nitrogens is 1. The summed E-state index contributed by atoms with van der Waals surface area (Å²) in [7, 11) is 1.63. The van der Waals surface area contributed by atoms with E-state index in [1.807, 2.05) is 32.0 Å². The Morgan fingerprint density at radius 3 is 2.79 bits per heavy atom. The fraction of sp³-hybridized carbons (Fsp3) is 0.400. The number of ether oxygens (including phenoxy) is 2. The van der Waals surface area contributed by atoms with Crippen molar-refractivity contribution in [3.05, 3.63) is 29.5 Å². The number of fused-ring (bicyclic) bond motifs is 1. The lowest BCUT2D eigenvalue weighted by molar-refractivity contribution is 0.112. The quantitative estimate of drug-likeness (QED) is 0.593. The predicted molar refractivity (Wildman–Crippen MR) is 75.1 cm³/mol. The van der Waals surface area contributed by atoms with Crippen LogP contribution in [0.15, 0.2) is 18.2 Å². The van der Waals surface area contributed by atoms with Gasteiger partial charge in [-0.05, 0) is 32.0 Å². The van der Waals surface area contributed by atoms with Gasteiger partial charge >= 0.3 is 0 Å². The zero-order chi connectivity index (χ0) is 13.8. The molecule has 0 saturated heterocycles. The Kier molecular flexibility index (Phi) is 4.22. The molecule has 2 aromatic rings. The van der Waals surface area contributed by atoms with Gasteiger partial charge in [0, 0.05) is 35.3 Å². The van der Waals surface area contributed by atoms with Gasteiger partial charge in [-0.1, -0.05) is 0 Å². The van der Waals surface area contributed by atoms with E-state index in [0.29, 0.717) is 13.2 Å². The molecule has 102 valence electrons. The smallest absolute Gasteiger partial charge is 0.152 e. The summed E-state index contributed by atoms with van der Waals surface area (Å²) >= 11 is 0. The van der Waals surface area contributed by atoms with E-state index in [-0.39, 0.29) is 0 Å². The summed E-state index contributed by atoms with van der Waals surface area (Å²) in [6, 6.07) is 5.80. The lowest BCUT2D eigenvalue weighted by Gasteiger charge is -2.08. The van der Waals surface area contributed by atoms with Crippen LogP contribution in [0, 0.1) is 6.92 Å². The van der Waals surface area contributed by atoms with E-state index in [1.165, 1.54) is 0 Å². The van der Waals surface area contributed by atoms with E-state index >= 15 is 0 Å². The second-order valence-corrected chi connectivity index (χ2v) is 4.35. The molecule has 1 heterocycles. The minimum Gasteiger partial charge on any atom is -0.497 e.